The SMILES string of the molecule is CC(C)(C)CC(Br)CNC(=O)c1ccc(F)c(F)c1F. The molecule has 1 unspecified atom stereocenters. The van der Waals surface area contributed by atoms with Crippen molar-refractivity contribution in [1.29, 1.82) is 0 Å². The van der Waals surface area contributed by atoms with Gasteiger partial charge in [-0.1, -0.05) is 36.7 Å². The van der Waals surface area contributed by atoms with Gasteiger partial charge in [-0.3, -0.25) is 4.79 Å². The van der Waals surface area contributed by atoms with Crippen LogP contribution in [0, 0.1) is 22.9 Å². The Labute approximate surface area is 124 Å². The van der Waals surface area contributed by atoms with Crippen LogP contribution in [0.25, 0.3) is 0 Å². The Kier molecular flexibility index (Phi) is 5.62. The van der Waals surface area contributed by atoms with Crippen LogP contribution in [0.2, 0.25) is 0 Å². The highest BCUT2D eigenvalue weighted by Crippen LogP contribution is 2.24. The minimum atomic E-state index is -1.64. The fraction of sp³-hybridized carbons (Fsp3) is 0.500. The molecule has 1 amide bonds. The van der Waals surface area contributed by atoms with Crippen molar-refractivity contribution in [2.45, 2.75) is 32.0 Å². The van der Waals surface area contributed by atoms with Crippen LogP contribution in [-0.2, 0) is 0 Å². The van der Waals surface area contributed by atoms with Crippen molar-refractivity contribution >= 4 is 21.8 Å². The minimum absolute atomic E-state index is 0.0137. The van der Waals surface area contributed by atoms with E-state index >= 15 is 0 Å². The highest BCUT2D eigenvalue weighted by Gasteiger charge is 2.21. The summed E-state index contributed by atoms with van der Waals surface area (Å²) in [6, 6.07) is 1.66. The lowest BCUT2D eigenvalue weighted by Gasteiger charge is -2.22. The first-order valence-electron chi connectivity index (χ1n) is 6.17. The van der Waals surface area contributed by atoms with Crippen LogP contribution in [0.1, 0.15) is 37.6 Å². The van der Waals surface area contributed by atoms with E-state index < -0.39 is 28.9 Å². The molecule has 0 saturated heterocycles. The molecule has 0 spiro atoms. The molecule has 0 radical (unpaired) electrons. The third kappa shape index (κ3) is 4.81. The van der Waals surface area contributed by atoms with E-state index in [0.717, 1.165) is 18.6 Å². The summed E-state index contributed by atoms with van der Waals surface area (Å²) in [4.78, 5) is 11.8. The zero-order valence-electron chi connectivity index (χ0n) is 11.6. The number of nitrogens with one attached hydrogen (secondary N) is 1. The topological polar surface area (TPSA) is 29.1 Å². The molecule has 1 N–H and O–H groups in total. The molecule has 0 aliphatic carbocycles. The van der Waals surface area contributed by atoms with Gasteiger partial charge in [0, 0.05) is 11.4 Å². The largest absolute Gasteiger partial charge is 0.351 e. The molecule has 0 aliphatic heterocycles. The van der Waals surface area contributed by atoms with Crippen molar-refractivity contribution in [2.75, 3.05) is 6.54 Å². The monoisotopic (exact) mass is 351 g/mol. The van der Waals surface area contributed by atoms with Crippen molar-refractivity contribution in [3.8, 4) is 0 Å². The van der Waals surface area contributed by atoms with Crippen LogP contribution in [-0.4, -0.2) is 17.3 Å². The molecule has 1 aromatic rings. The summed E-state index contributed by atoms with van der Waals surface area (Å²) < 4.78 is 39.2. The highest BCUT2D eigenvalue weighted by molar-refractivity contribution is 9.09. The van der Waals surface area contributed by atoms with Gasteiger partial charge in [0.1, 0.15) is 0 Å². The lowest BCUT2D eigenvalue weighted by atomic mass is 9.90. The first-order valence-corrected chi connectivity index (χ1v) is 7.09. The second-order valence-corrected chi connectivity index (χ2v) is 7.09. The molecule has 1 aromatic carbocycles. The quantitative estimate of drug-likeness (QED) is 0.643. The van der Waals surface area contributed by atoms with Crippen LogP contribution in [0.4, 0.5) is 13.2 Å². The number of alkyl halides is 1. The Hall–Kier alpha value is -1.04. The van der Waals surface area contributed by atoms with E-state index in [9.17, 15) is 18.0 Å². The van der Waals surface area contributed by atoms with Gasteiger partial charge in [-0.15, -0.1) is 0 Å². The molecule has 6 heteroatoms. The van der Waals surface area contributed by atoms with Crippen LogP contribution >= 0.6 is 15.9 Å². The number of amides is 1. The van der Waals surface area contributed by atoms with Gasteiger partial charge in [0.15, 0.2) is 17.5 Å². The van der Waals surface area contributed by atoms with E-state index in [1.54, 1.807) is 0 Å². The van der Waals surface area contributed by atoms with Gasteiger partial charge in [-0.25, -0.2) is 13.2 Å². The van der Waals surface area contributed by atoms with Gasteiger partial charge in [0.05, 0.1) is 5.56 Å². The summed E-state index contributed by atoms with van der Waals surface area (Å²) in [5.74, 6) is -5.18. The average Bonchev–Trinajstić information content (AvgIpc) is 2.31. The molecular formula is C14H17BrF3NO. The number of carbonyl (C=O) groups excluding carboxylic acids is 1. The molecular weight excluding hydrogens is 335 g/mol. The third-order valence-corrected chi connectivity index (χ3v) is 3.25. The van der Waals surface area contributed by atoms with Gasteiger partial charge in [-0.05, 0) is 24.0 Å². The zero-order valence-corrected chi connectivity index (χ0v) is 13.2. The van der Waals surface area contributed by atoms with E-state index in [1.807, 2.05) is 0 Å². The maximum atomic E-state index is 13.4. The van der Waals surface area contributed by atoms with Crippen molar-refractivity contribution in [3.63, 3.8) is 0 Å². The molecule has 2 nitrogen and oxygen atoms in total. The maximum absolute atomic E-state index is 13.4. The second-order valence-electron chi connectivity index (χ2n) is 5.80. The summed E-state index contributed by atoms with van der Waals surface area (Å²) in [5, 5.41) is 2.49. The number of halogens is 4. The number of rotatable bonds is 4. The molecule has 20 heavy (non-hydrogen) atoms. The van der Waals surface area contributed by atoms with Gasteiger partial charge in [-0.2, -0.15) is 0 Å². The van der Waals surface area contributed by atoms with Gasteiger partial charge >= 0.3 is 0 Å². The molecule has 0 heterocycles. The Bertz CT molecular complexity index is 500. The Morgan fingerprint density at radius 2 is 1.85 bits per heavy atom. The van der Waals surface area contributed by atoms with Crippen molar-refractivity contribution in [1.82, 2.24) is 5.32 Å². The van der Waals surface area contributed by atoms with E-state index in [0.29, 0.717) is 0 Å². The minimum Gasteiger partial charge on any atom is -0.351 e. The van der Waals surface area contributed by atoms with E-state index in [4.69, 9.17) is 0 Å². The third-order valence-electron chi connectivity index (χ3n) is 2.60. The molecule has 112 valence electrons. The molecule has 0 aliphatic rings. The number of benzene rings is 1. The molecule has 1 atom stereocenters. The molecule has 0 aromatic heterocycles. The van der Waals surface area contributed by atoms with E-state index in [2.05, 4.69) is 42.0 Å². The molecule has 0 bridgehead atoms. The van der Waals surface area contributed by atoms with Crippen molar-refractivity contribution in [3.05, 3.63) is 35.1 Å². The lowest BCUT2D eigenvalue weighted by Crippen LogP contribution is -2.32. The summed E-state index contributed by atoms with van der Waals surface area (Å²) in [6.07, 6.45) is 0.799. The fourth-order valence-corrected chi connectivity index (χ4v) is 2.87. The lowest BCUT2D eigenvalue weighted by molar-refractivity contribution is 0.0947. The highest BCUT2D eigenvalue weighted by atomic mass is 79.9. The molecule has 1 rings (SSSR count). The predicted octanol–water partition coefficient (Wildman–Crippen LogP) is 4.03. The normalized spacial score (nSPS) is 13.2. The van der Waals surface area contributed by atoms with Crippen LogP contribution < -0.4 is 5.32 Å². The first-order chi connectivity index (χ1) is 9.11. The Morgan fingerprint density at radius 3 is 2.40 bits per heavy atom. The van der Waals surface area contributed by atoms with E-state index in [1.165, 1.54) is 0 Å². The maximum Gasteiger partial charge on any atom is 0.254 e. The van der Waals surface area contributed by atoms with Crippen molar-refractivity contribution < 1.29 is 18.0 Å². The van der Waals surface area contributed by atoms with Gasteiger partial charge in [0.25, 0.3) is 5.91 Å². The van der Waals surface area contributed by atoms with Crippen LogP contribution in [0.3, 0.4) is 0 Å². The molecule has 0 saturated carbocycles. The predicted molar refractivity (Wildman–Crippen MR) is 75.4 cm³/mol. The second kappa shape index (κ2) is 6.61. The Morgan fingerprint density at radius 1 is 1.25 bits per heavy atom. The summed E-state index contributed by atoms with van der Waals surface area (Å²) in [5.41, 5.74) is -0.425. The summed E-state index contributed by atoms with van der Waals surface area (Å²) in [6.45, 7) is 6.43. The smallest absolute Gasteiger partial charge is 0.254 e. The summed E-state index contributed by atoms with van der Waals surface area (Å²) in [7, 11) is 0. The van der Waals surface area contributed by atoms with Gasteiger partial charge < -0.3 is 5.32 Å². The van der Waals surface area contributed by atoms with Crippen LogP contribution in [0.15, 0.2) is 12.1 Å². The summed E-state index contributed by atoms with van der Waals surface area (Å²) >= 11 is 3.42. The average molecular weight is 352 g/mol. The van der Waals surface area contributed by atoms with E-state index in [-0.39, 0.29) is 16.8 Å². The van der Waals surface area contributed by atoms with Gasteiger partial charge in [0.2, 0.25) is 0 Å². The number of carbonyl (C=O) groups is 1. The van der Waals surface area contributed by atoms with Crippen molar-refractivity contribution in [2.24, 2.45) is 5.41 Å². The zero-order chi connectivity index (χ0) is 15.5. The standard InChI is InChI=1S/C14H17BrF3NO/c1-14(2,3)6-8(15)7-19-13(20)9-4-5-10(16)12(18)11(9)17/h4-5,8H,6-7H2,1-3H3,(H,19,20). The fourth-order valence-electron chi connectivity index (χ4n) is 1.74. The number of hydrogen-bond donors (Lipinski definition) is 1. The molecule has 0 fully saturated rings. The first kappa shape index (κ1) is 17.0. The Balaban J connectivity index is 2.67. The number of hydrogen-bond acceptors (Lipinski definition) is 1. The van der Waals surface area contributed by atoms with Crippen LogP contribution in [0.5, 0.6) is 0 Å².